The number of anilines is 1. The van der Waals surface area contributed by atoms with E-state index in [0.29, 0.717) is 35.3 Å². The minimum Gasteiger partial charge on any atom is -0.458 e. The highest BCUT2D eigenvalue weighted by molar-refractivity contribution is 9.11. The van der Waals surface area contributed by atoms with Gasteiger partial charge in [-0.05, 0) is 53.0 Å². The van der Waals surface area contributed by atoms with Gasteiger partial charge in [0.1, 0.15) is 11.5 Å². The minimum absolute atomic E-state index is 0.0442. The summed E-state index contributed by atoms with van der Waals surface area (Å²) in [4.78, 5) is 28.7. The maximum atomic E-state index is 12.1. The maximum Gasteiger partial charge on any atom is 0.226 e. The van der Waals surface area contributed by atoms with E-state index in [1.807, 2.05) is 11.4 Å². The van der Waals surface area contributed by atoms with E-state index in [9.17, 15) is 9.59 Å². The van der Waals surface area contributed by atoms with Crippen LogP contribution < -0.4 is 10.6 Å². The molecule has 0 aromatic carbocycles. The van der Waals surface area contributed by atoms with Crippen LogP contribution in [0.4, 0.5) is 5.13 Å². The summed E-state index contributed by atoms with van der Waals surface area (Å²) < 4.78 is 6.78. The van der Waals surface area contributed by atoms with Gasteiger partial charge in [-0.15, -0.1) is 22.7 Å². The number of halogens is 1. The van der Waals surface area contributed by atoms with E-state index in [-0.39, 0.29) is 11.8 Å². The standard InChI is InChI=1S/C18H18BrN3O3S2/c1-11(23)20-9-12-5-7-15(25-12)14-10-26-18(21-14)22-17(24)4-2-3-13-6-8-16(19)27-13/h5-8,10H,2-4,9H2,1H3,(H,20,23)(H,21,22,24). The van der Waals surface area contributed by atoms with Gasteiger partial charge in [-0.25, -0.2) is 4.98 Å². The van der Waals surface area contributed by atoms with Gasteiger partial charge in [0.25, 0.3) is 0 Å². The summed E-state index contributed by atoms with van der Waals surface area (Å²) in [6.45, 7) is 1.79. The van der Waals surface area contributed by atoms with Crippen LogP contribution >= 0.6 is 38.6 Å². The number of nitrogens with zero attached hydrogens (tertiary/aromatic N) is 1. The third-order valence-electron chi connectivity index (χ3n) is 3.63. The van der Waals surface area contributed by atoms with E-state index < -0.39 is 0 Å². The van der Waals surface area contributed by atoms with Crippen LogP contribution in [0.15, 0.2) is 37.8 Å². The monoisotopic (exact) mass is 467 g/mol. The zero-order valence-corrected chi connectivity index (χ0v) is 17.8. The lowest BCUT2D eigenvalue weighted by molar-refractivity contribution is -0.119. The second-order valence-corrected chi connectivity index (χ2v) is 9.23. The van der Waals surface area contributed by atoms with Crippen molar-refractivity contribution in [3.63, 3.8) is 0 Å². The van der Waals surface area contributed by atoms with Gasteiger partial charge >= 0.3 is 0 Å². The van der Waals surface area contributed by atoms with Crippen LogP contribution in [0.5, 0.6) is 0 Å². The Hall–Kier alpha value is -1.97. The summed E-state index contributed by atoms with van der Waals surface area (Å²) in [5, 5.41) is 7.90. The fourth-order valence-corrected chi connectivity index (χ4v) is 4.60. The SMILES string of the molecule is CC(=O)NCc1ccc(-c2csc(NC(=O)CCCc3ccc(Br)s3)n2)o1. The summed E-state index contributed by atoms with van der Waals surface area (Å²) >= 11 is 6.49. The van der Waals surface area contributed by atoms with Gasteiger partial charge in [-0.2, -0.15) is 0 Å². The first-order chi connectivity index (χ1) is 13.0. The predicted octanol–water partition coefficient (Wildman–Crippen LogP) is 4.82. The van der Waals surface area contributed by atoms with Gasteiger partial charge in [0.05, 0.1) is 10.3 Å². The number of nitrogens with one attached hydrogen (secondary N) is 2. The van der Waals surface area contributed by atoms with Crippen molar-refractivity contribution in [2.45, 2.75) is 32.7 Å². The normalized spacial score (nSPS) is 10.7. The van der Waals surface area contributed by atoms with E-state index in [0.717, 1.165) is 16.6 Å². The fourth-order valence-electron chi connectivity index (χ4n) is 2.36. The number of carbonyl (C=O) groups is 2. The third-order valence-corrected chi connectivity index (χ3v) is 6.07. The van der Waals surface area contributed by atoms with Crippen molar-refractivity contribution in [1.82, 2.24) is 10.3 Å². The number of furan rings is 1. The van der Waals surface area contributed by atoms with Gasteiger partial charge in [0.15, 0.2) is 10.9 Å². The van der Waals surface area contributed by atoms with E-state index >= 15 is 0 Å². The molecule has 0 saturated carbocycles. The predicted molar refractivity (Wildman–Crippen MR) is 111 cm³/mol. The number of amides is 2. The Morgan fingerprint density at radius 1 is 1.26 bits per heavy atom. The number of thiophene rings is 1. The smallest absolute Gasteiger partial charge is 0.226 e. The number of hydrogen-bond acceptors (Lipinski definition) is 6. The highest BCUT2D eigenvalue weighted by Gasteiger charge is 2.11. The molecule has 3 aromatic rings. The molecule has 0 aliphatic carbocycles. The van der Waals surface area contributed by atoms with E-state index in [1.54, 1.807) is 23.5 Å². The van der Waals surface area contributed by atoms with E-state index in [4.69, 9.17) is 4.42 Å². The first-order valence-corrected chi connectivity index (χ1v) is 10.8. The van der Waals surface area contributed by atoms with Crippen molar-refractivity contribution >= 4 is 55.5 Å². The maximum absolute atomic E-state index is 12.1. The van der Waals surface area contributed by atoms with Crippen LogP contribution in [0.25, 0.3) is 11.5 Å². The molecular formula is C18H18BrN3O3S2. The van der Waals surface area contributed by atoms with Crippen molar-refractivity contribution in [1.29, 1.82) is 0 Å². The van der Waals surface area contributed by atoms with Crippen molar-refractivity contribution in [3.8, 4) is 11.5 Å². The molecule has 0 unspecified atom stereocenters. The molecule has 0 fully saturated rings. The lowest BCUT2D eigenvalue weighted by Gasteiger charge is -2.01. The molecule has 3 heterocycles. The average molecular weight is 468 g/mol. The zero-order valence-electron chi connectivity index (χ0n) is 14.6. The van der Waals surface area contributed by atoms with Crippen LogP contribution in [-0.2, 0) is 22.6 Å². The molecule has 142 valence electrons. The van der Waals surface area contributed by atoms with Crippen molar-refractivity contribution < 1.29 is 14.0 Å². The lowest BCUT2D eigenvalue weighted by Crippen LogP contribution is -2.18. The molecule has 3 rings (SSSR count). The number of aryl methyl sites for hydroxylation is 1. The van der Waals surface area contributed by atoms with Crippen molar-refractivity contribution in [2.24, 2.45) is 0 Å². The van der Waals surface area contributed by atoms with E-state index in [1.165, 1.54) is 23.1 Å². The molecule has 6 nitrogen and oxygen atoms in total. The first kappa shape index (κ1) is 19.8. The van der Waals surface area contributed by atoms with Crippen LogP contribution in [0.2, 0.25) is 0 Å². The number of hydrogen-bond donors (Lipinski definition) is 2. The lowest BCUT2D eigenvalue weighted by atomic mass is 10.2. The molecule has 0 aliphatic heterocycles. The summed E-state index contributed by atoms with van der Waals surface area (Å²) in [6.07, 6.45) is 2.13. The molecule has 0 radical (unpaired) electrons. The summed E-state index contributed by atoms with van der Waals surface area (Å²) in [5.74, 6) is 1.10. The minimum atomic E-state index is -0.113. The topological polar surface area (TPSA) is 84.2 Å². The Morgan fingerprint density at radius 3 is 2.85 bits per heavy atom. The molecule has 3 aromatic heterocycles. The molecule has 27 heavy (non-hydrogen) atoms. The Kier molecular flexibility index (Phi) is 6.81. The van der Waals surface area contributed by atoms with Gasteiger partial charge < -0.3 is 15.1 Å². The molecule has 2 N–H and O–H groups in total. The molecule has 0 atom stereocenters. The molecule has 0 bridgehead atoms. The molecular weight excluding hydrogens is 450 g/mol. The molecule has 2 amide bonds. The Balaban J connectivity index is 1.48. The summed E-state index contributed by atoms with van der Waals surface area (Å²) in [5.41, 5.74) is 0.660. The molecule has 9 heteroatoms. The number of rotatable bonds is 8. The van der Waals surface area contributed by atoms with Gasteiger partial charge in [0, 0.05) is 23.6 Å². The van der Waals surface area contributed by atoms with Crippen LogP contribution in [0.1, 0.15) is 30.4 Å². The van der Waals surface area contributed by atoms with Crippen LogP contribution in [0, 0.1) is 0 Å². The highest BCUT2D eigenvalue weighted by atomic mass is 79.9. The first-order valence-electron chi connectivity index (χ1n) is 8.33. The number of carbonyl (C=O) groups excluding carboxylic acids is 2. The van der Waals surface area contributed by atoms with Crippen molar-refractivity contribution in [3.05, 3.63) is 44.1 Å². The molecule has 0 aliphatic rings. The average Bonchev–Trinajstić information content (AvgIpc) is 3.34. The van der Waals surface area contributed by atoms with Crippen molar-refractivity contribution in [2.75, 3.05) is 5.32 Å². The van der Waals surface area contributed by atoms with E-state index in [2.05, 4.69) is 37.6 Å². The summed E-state index contributed by atoms with van der Waals surface area (Å²) in [7, 11) is 0. The number of thiazole rings is 1. The third kappa shape index (κ3) is 6.02. The largest absolute Gasteiger partial charge is 0.458 e. The molecule has 0 saturated heterocycles. The quantitative estimate of drug-likeness (QED) is 0.496. The van der Waals surface area contributed by atoms with Crippen LogP contribution in [-0.4, -0.2) is 16.8 Å². The molecule has 0 spiro atoms. The fraction of sp³-hybridized carbons (Fsp3) is 0.278. The Morgan fingerprint density at radius 2 is 2.11 bits per heavy atom. The Labute approximate surface area is 173 Å². The summed E-state index contributed by atoms with van der Waals surface area (Å²) in [6, 6.07) is 7.69. The Bertz CT molecular complexity index is 932. The van der Waals surface area contributed by atoms with Crippen LogP contribution in [0.3, 0.4) is 0 Å². The highest BCUT2D eigenvalue weighted by Crippen LogP contribution is 2.27. The number of aromatic nitrogens is 1. The van der Waals surface area contributed by atoms with Gasteiger partial charge in [-0.1, -0.05) is 0 Å². The van der Waals surface area contributed by atoms with Gasteiger partial charge in [0.2, 0.25) is 11.8 Å². The van der Waals surface area contributed by atoms with Gasteiger partial charge in [-0.3, -0.25) is 9.59 Å². The second kappa shape index (κ2) is 9.29. The second-order valence-electron chi connectivity index (χ2n) is 5.82. The zero-order chi connectivity index (χ0) is 19.2.